The summed E-state index contributed by atoms with van der Waals surface area (Å²) in [6.07, 6.45) is 3.15. The maximum atomic E-state index is 5.91. The lowest BCUT2D eigenvalue weighted by Crippen LogP contribution is -2.32. The second kappa shape index (κ2) is 6.53. The summed E-state index contributed by atoms with van der Waals surface area (Å²) in [5, 5.41) is 3.56. The van der Waals surface area contributed by atoms with E-state index in [0.717, 1.165) is 30.7 Å². The monoisotopic (exact) mass is 250 g/mol. The van der Waals surface area contributed by atoms with Gasteiger partial charge < -0.3 is 15.8 Å². The molecule has 0 atom stereocenters. The summed E-state index contributed by atoms with van der Waals surface area (Å²) in [5.74, 6) is 0.774. The molecule has 0 fully saturated rings. The van der Waals surface area contributed by atoms with E-state index >= 15 is 0 Å². The van der Waals surface area contributed by atoms with Crippen LogP contribution in [0.5, 0.6) is 5.75 Å². The Hall–Kier alpha value is -1.38. The number of hydrogen-bond donors (Lipinski definition) is 2. The van der Waals surface area contributed by atoms with Crippen LogP contribution in [0.4, 0.5) is 11.4 Å². The van der Waals surface area contributed by atoms with Crippen molar-refractivity contribution >= 4 is 11.4 Å². The van der Waals surface area contributed by atoms with Crippen molar-refractivity contribution in [3.63, 3.8) is 0 Å². The van der Waals surface area contributed by atoms with E-state index in [1.165, 1.54) is 0 Å². The summed E-state index contributed by atoms with van der Waals surface area (Å²) in [5.41, 5.74) is 7.80. The zero-order chi connectivity index (χ0) is 13.6. The average Bonchev–Trinajstić information content (AvgIpc) is 2.39. The summed E-state index contributed by atoms with van der Waals surface area (Å²) in [7, 11) is 0. The molecule has 0 bridgehead atoms. The Balaban J connectivity index is 2.84. The Labute approximate surface area is 111 Å². The predicted octanol–water partition coefficient (Wildman–Crippen LogP) is 4.05. The number of ether oxygens (including phenoxy) is 1. The number of hydrogen-bond acceptors (Lipinski definition) is 3. The van der Waals surface area contributed by atoms with Crippen LogP contribution in [-0.4, -0.2) is 12.1 Å². The maximum Gasteiger partial charge on any atom is 0.144 e. The molecule has 0 heterocycles. The lowest BCUT2D eigenvalue weighted by molar-refractivity contribution is 0.319. The molecule has 3 N–H and O–H groups in total. The van der Waals surface area contributed by atoms with Crippen LogP contribution < -0.4 is 15.8 Å². The van der Waals surface area contributed by atoms with Crippen LogP contribution >= 0.6 is 0 Å². The summed E-state index contributed by atoms with van der Waals surface area (Å²) >= 11 is 0. The quantitative estimate of drug-likeness (QED) is 0.718. The fraction of sp³-hybridized carbons (Fsp3) is 0.600. The maximum absolute atomic E-state index is 5.91. The van der Waals surface area contributed by atoms with E-state index in [0.29, 0.717) is 12.3 Å². The van der Waals surface area contributed by atoms with Gasteiger partial charge in [-0.15, -0.1) is 0 Å². The number of nitrogen functional groups attached to an aromatic ring is 1. The molecule has 0 aliphatic rings. The number of nitrogens with two attached hydrogens (primary N) is 1. The van der Waals surface area contributed by atoms with Gasteiger partial charge in [0.15, 0.2) is 0 Å². The van der Waals surface area contributed by atoms with E-state index in [1.807, 2.05) is 18.2 Å². The first-order valence-corrected chi connectivity index (χ1v) is 6.85. The van der Waals surface area contributed by atoms with Gasteiger partial charge >= 0.3 is 0 Å². The van der Waals surface area contributed by atoms with Gasteiger partial charge in [0.25, 0.3) is 0 Å². The van der Waals surface area contributed by atoms with E-state index in [9.17, 15) is 0 Å². The van der Waals surface area contributed by atoms with Crippen LogP contribution in [0.3, 0.4) is 0 Å². The average molecular weight is 250 g/mol. The van der Waals surface area contributed by atoms with Gasteiger partial charge in [-0.3, -0.25) is 0 Å². The lowest BCUT2D eigenvalue weighted by atomic mass is 9.95. The van der Waals surface area contributed by atoms with Crippen LogP contribution in [0.15, 0.2) is 18.2 Å². The van der Waals surface area contributed by atoms with E-state index in [4.69, 9.17) is 10.5 Å². The minimum Gasteiger partial charge on any atom is -0.491 e. The minimum atomic E-state index is 0.123. The zero-order valence-electron chi connectivity index (χ0n) is 12.0. The summed E-state index contributed by atoms with van der Waals surface area (Å²) in [4.78, 5) is 0. The van der Waals surface area contributed by atoms with Crippen LogP contribution in [0.2, 0.25) is 0 Å². The van der Waals surface area contributed by atoms with Crippen molar-refractivity contribution in [2.75, 3.05) is 17.7 Å². The fourth-order valence-electron chi connectivity index (χ4n) is 1.72. The summed E-state index contributed by atoms with van der Waals surface area (Å²) in [6, 6.07) is 5.91. The standard InChI is InChI=1S/C15H26N2O/c1-5-10-18-14-11-12(8-9-13(14)16)17-15(4,6-2)7-3/h8-9,11,17H,5-7,10,16H2,1-4H3. The third-order valence-electron chi connectivity index (χ3n) is 3.48. The SMILES string of the molecule is CCCOc1cc(NC(C)(CC)CC)ccc1N. The third-order valence-corrected chi connectivity index (χ3v) is 3.48. The van der Waals surface area contributed by atoms with Crippen molar-refractivity contribution < 1.29 is 4.74 Å². The first-order valence-electron chi connectivity index (χ1n) is 6.85. The second-order valence-electron chi connectivity index (χ2n) is 4.99. The van der Waals surface area contributed by atoms with Crippen LogP contribution in [0, 0.1) is 0 Å². The van der Waals surface area contributed by atoms with Crippen molar-refractivity contribution in [1.82, 2.24) is 0 Å². The molecule has 1 aromatic carbocycles. The van der Waals surface area contributed by atoms with Crippen LogP contribution in [0.25, 0.3) is 0 Å². The Morgan fingerprint density at radius 1 is 1.22 bits per heavy atom. The van der Waals surface area contributed by atoms with E-state index in [-0.39, 0.29) is 5.54 Å². The summed E-state index contributed by atoms with van der Waals surface area (Å²) in [6.45, 7) is 9.41. The molecule has 0 aliphatic heterocycles. The molecule has 0 amide bonds. The Morgan fingerprint density at radius 2 is 1.89 bits per heavy atom. The molecule has 0 unspecified atom stereocenters. The highest BCUT2D eigenvalue weighted by Gasteiger charge is 2.19. The molecule has 1 rings (SSSR count). The number of nitrogens with one attached hydrogen (secondary N) is 1. The van der Waals surface area contributed by atoms with Gasteiger partial charge in [0.1, 0.15) is 5.75 Å². The largest absolute Gasteiger partial charge is 0.491 e. The normalized spacial score (nSPS) is 11.3. The molecule has 18 heavy (non-hydrogen) atoms. The van der Waals surface area contributed by atoms with Gasteiger partial charge in [-0.2, -0.15) is 0 Å². The highest BCUT2D eigenvalue weighted by Crippen LogP contribution is 2.29. The third kappa shape index (κ3) is 3.83. The topological polar surface area (TPSA) is 47.3 Å². The van der Waals surface area contributed by atoms with Crippen molar-refractivity contribution in [2.45, 2.75) is 52.5 Å². The van der Waals surface area contributed by atoms with Crippen LogP contribution in [0.1, 0.15) is 47.0 Å². The zero-order valence-corrected chi connectivity index (χ0v) is 12.0. The van der Waals surface area contributed by atoms with Crippen LogP contribution in [-0.2, 0) is 0 Å². The molecule has 102 valence electrons. The molecule has 3 nitrogen and oxygen atoms in total. The molecule has 0 aromatic heterocycles. The van der Waals surface area contributed by atoms with Crippen molar-refractivity contribution in [1.29, 1.82) is 0 Å². The second-order valence-corrected chi connectivity index (χ2v) is 4.99. The Kier molecular flexibility index (Phi) is 5.32. The van der Waals surface area contributed by atoms with Gasteiger partial charge in [-0.1, -0.05) is 20.8 Å². The van der Waals surface area contributed by atoms with Crippen molar-refractivity contribution in [3.8, 4) is 5.75 Å². The molecule has 3 heteroatoms. The van der Waals surface area contributed by atoms with Crippen molar-refractivity contribution in [2.24, 2.45) is 0 Å². The van der Waals surface area contributed by atoms with E-state index in [1.54, 1.807) is 0 Å². The lowest BCUT2D eigenvalue weighted by Gasteiger charge is -2.29. The smallest absolute Gasteiger partial charge is 0.144 e. The molecule has 0 saturated heterocycles. The van der Waals surface area contributed by atoms with Gasteiger partial charge in [0.2, 0.25) is 0 Å². The number of benzene rings is 1. The van der Waals surface area contributed by atoms with Gasteiger partial charge in [-0.25, -0.2) is 0 Å². The first-order chi connectivity index (χ1) is 8.54. The number of anilines is 2. The van der Waals surface area contributed by atoms with E-state index < -0.39 is 0 Å². The number of rotatable bonds is 7. The fourth-order valence-corrected chi connectivity index (χ4v) is 1.72. The summed E-state index contributed by atoms with van der Waals surface area (Å²) < 4.78 is 5.64. The molecule has 0 aliphatic carbocycles. The molecule has 0 saturated carbocycles. The molecule has 0 spiro atoms. The van der Waals surface area contributed by atoms with Gasteiger partial charge in [-0.05, 0) is 38.3 Å². The Bertz CT molecular complexity index is 373. The minimum absolute atomic E-state index is 0.123. The van der Waals surface area contributed by atoms with Gasteiger partial charge in [0.05, 0.1) is 12.3 Å². The molecule has 1 aromatic rings. The Morgan fingerprint density at radius 3 is 2.44 bits per heavy atom. The van der Waals surface area contributed by atoms with E-state index in [2.05, 4.69) is 33.0 Å². The van der Waals surface area contributed by atoms with Gasteiger partial charge in [0, 0.05) is 17.3 Å². The molecular formula is C15H26N2O. The molecule has 0 radical (unpaired) electrons. The predicted molar refractivity (Wildman–Crippen MR) is 79.3 cm³/mol. The first kappa shape index (κ1) is 14.7. The highest BCUT2D eigenvalue weighted by atomic mass is 16.5. The molecular weight excluding hydrogens is 224 g/mol. The highest BCUT2D eigenvalue weighted by molar-refractivity contribution is 5.62. The van der Waals surface area contributed by atoms with Crippen molar-refractivity contribution in [3.05, 3.63) is 18.2 Å².